The Labute approximate surface area is 113 Å². The lowest BCUT2D eigenvalue weighted by atomic mass is 9.98. The molecule has 3 rings (SSSR count). The van der Waals surface area contributed by atoms with Crippen LogP contribution in [0.5, 0.6) is 0 Å². The second-order valence-electron chi connectivity index (χ2n) is 4.38. The molecule has 18 heavy (non-hydrogen) atoms. The summed E-state index contributed by atoms with van der Waals surface area (Å²) in [6.07, 6.45) is 0. The van der Waals surface area contributed by atoms with Crippen LogP contribution in [0.15, 0.2) is 72.8 Å². The summed E-state index contributed by atoms with van der Waals surface area (Å²) in [5.41, 5.74) is 2.50. The predicted octanol–water partition coefficient (Wildman–Crippen LogP) is 4.86. The lowest BCUT2D eigenvalue weighted by molar-refractivity contribution is 1.19. The Kier molecular flexibility index (Phi) is 3.07. The molecule has 1 heteroatoms. The number of hydrogen-bond donors (Lipinski definition) is 1. The maximum Gasteiger partial charge on any atom is 0.0522 e. The highest BCUT2D eigenvalue weighted by atomic mass is 32.1. The summed E-state index contributed by atoms with van der Waals surface area (Å²) in [5.74, 6) is 0. The molecular formula is C17H14S. The number of thiol groups is 1. The molecule has 1 atom stereocenters. The molecule has 0 aromatic heterocycles. The Bertz CT molecular complexity index is 653. The Hall–Kier alpha value is -1.73. The van der Waals surface area contributed by atoms with Crippen LogP contribution < -0.4 is 0 Å². The average Bonchev–Trinajstić information content (AvgIpc) is 2.47. The van der Waals surface area contributed by atoms with E-state index in [-0.39, 0.29) is 5.25 Å². The van der Waals surface area contributed by atoms with Gasteiger partial charge in [0.25, 0.3) is 0 Å². The molecule has 88 valence electrons. The minimum Gasteiger partial charge on any atom is -0.166 e. The summed E-state index contributed by atoms with van der Waals surface area (Å²) in [5, 5.41) is 2.67. The van der Waals surface area contributed by atoms with Crippen LogP contribution in [0.2, 0.25) is 0 Å². The fourth-order valence-corrected chi connectivity index (χ4v) is 2.70. The molecule has 3 aromatic rings. The van der Waals surface area contributed by atoms with Crippen LogP contribution in [0.1, 0.15) is 16.4 Å². The van der Waals surface area contributed by atoms with Gasteiger partial charge in [-0.3, -0.25) is 0 Å². The van der Waals surface area contributed by atoms with Crippen LogP contribution in [-0.2, 0) is 0 Å². The van der Waals surface area contributed by atoms with Crippen LogP contribution in [0, 0.1) is 0 Å². The van der Waals surface area contributed by atoms with Gasteiger partial charge in [-0.15, -0.1) is 0 Å². The van der Waals surface area contributed by atoms with Crippen molar-refractivity contribution in [1.82, 2.24) is 0 Å². The van der Waals surface area contributed by atoms with Gasteiger partial charge < -0.3 is 0 Å². The van der Waals surface area contributed by atoms with Crippen LogP contribution >= 0.6 is 12.6 Å². The Morgan fingerprint density at radius 3 is 2.17 bits per heavy atom. The zero-order chi connectivity index (χ0) is 12.4. The molecule has 1 unspecified atom stereocenters. The van der Waals surface area contributed by atoms with Crippen molar-refractivity contribution in [2.45, 2.75) is 5.25 Å². The topological polar surface area (TPSA) is 0 Å². The first-order valence-electron chi connectivity index (χ1n) is 6.07. The first-order valence-corrected chi connectivity index (χ1v) is 6.58. The van der Waals surface area contributed by atoms with Crippen molar-refractivity contribution in [3.63, 3.8) is 0 Å². The van der Waals surface area contributed by atoms with E-state index in [4.69, 9.17) is 12.6 Å². The van der Waals surface area contributed by atoms with Gasteiger partial charge in [-0.1, -0.05) is 72.8 Å². The monoisotopic (exact) mass is 250 g/mol. The minimum absolute atomic E-state index is 0.123. The third kappa shape index (κ3) is 2.02. The Morgan fingerprint density at radius 2 is 1.33 bits per heavy atom. The maximum atomic E-state index is 4.79. The van der Waals surface area contributed by atoms with Crippen LogP contribution in [0.4, 0.5) is 0 Å². The minimum atomic E-state index is 0.123. The molecule has 0 N–H and O–H groups in total. The van der Waals surface area contributed by atoms with Crippen molar-refractivity contribution in [2.75, 3.05) is 0 Å². The molecule has 0 saturated carbocycles. The van der Waals surface area contributed by atoms with E-state index in [2.05, 4.69) is 66.7 Å². The molecule has 0 radical (unpaired) electrons. The summed E-state index contributed by atoms with van der Waals surface area (Å²) in [7, 11) is 0. The van der Waals surface area contributed by atoms with Crippen LogP contribution in [0.25, 0.3) is 10.8 Å². The van der Waals surface area contributed by atoms with Crippen molar-refractivity contribution in [3.8, 4) is 0 Å². The highest BCUT2D eigenvalue weighted by Crippen LogP contribution is 2.33. The molecule has 0 amide bonds. The Morgan fingerprint density at radius 1 is 0.667 bits per heavy atom. The van der Waals surface area contributed by atoms with Crippen molar-refractivity contribution in [2.24, 2.45) is 0 Å². The number of hydrogen-bond acceptors (Lipinski definition) is 1. The van der Waals surface area contributed by atoms with E-state index in [1.54, 1.807) is 0 Å². The van der Waals surface area contributed by atoms with Gasteiger partial charge in [0.15, 0.2) is 0 Å². The quantitative estimate of drug-likeness (QED) is 0.617. The van der Waals surface area contributed by atoms with Crippen LogP contribution in [-0.4, -0.2) is 0 Å². The van der Waals surface area contributed by atoms with Crippen LogP contribution in [0.3, 0.4) is 0 Å². The second kappa shape index (κ2) is 4.87. The van der Waals surface area contributed by atoms with Crippen molar-refractivity contribution in [1.29, 1.82) is 0 Å². The van der Waals surface area contributed by atoms with Gasteiger partial charge in [0.2, 0.25) is 0 Å². The molecule has 0 fully saturated rings. The summed E-state index contributed by atoms with van der Waals surface area (Å²) in [6, 6.07) is 25.3. The lowest BCUT2D eigenvalue weighted by Crippen LogP contribution is -1.94. The smallest absolute Gasteiger partial charge is 0.0522 e. The highest BCUT2D eigenvalue weighted by molar-refractivity contribution is 7.80. The standard InChI is InChI=1S/C17H14S/c18-17(14-8-2-1-3-9-14)16-12-6-10-13-7-4-5-11-15(13)16/h1-12,17-18H. The highest BCUT2D eigenvalue weighted by Gasteiger charge is 2.11. The van der Waals surface area contributed by atoms with Gasteiger partial charge >= 0.3 is 0 Å². The van der Waals surface area contributed by atoms with Gasteiger partial charge in [0, 0.05) is 0 Å². The number of fused-ring (bicyclic) bond motifs is 1. The average molecular weight is 250 g/mol. The third-order valence-corrected chi connectivity index (χ3v) is 3.81. The van der Waals surface area contributed by atoms with Gasteiger partial charge in [0.1, 0.15) is 0 Å². The predicted molar refractivity (Wildman–Crippen MR) is 81.2 cm³/mol. The van der Waals surface area contributed by atoms with E-state index in [1.165, 1.54) is 21.9 Å². The summed E-state index contributed by atoms with van der Waals surface area (Å²) >= 11 is 4.79. The van der Waals surface area contributed by atoms with E-state index in [1.807, 2.05) is 6.07 Å². The largest absolute Gasteiger partial charge is 0.166 e. The first kappa shape index (κ1) is 11.4. The summed E-state index contributed by atoms with van der Waals surface area (Å²) in [6.45, 7) is 0. The van der Waals surface area contributed by atoms with Gasteiger partial charge in [-0.05, 0) is 21.9 Å². The fraction of sp³-hybridized carbons (Fsp3) is 0.0588. The van der Waals surface area contributed by atoms with Gasteiger partial charge in [-0.2, -0.15) is 12.6 Å². The number of benzene rings is 3. The van der Waals surface area contributed by atoms with Crippen molar-refractivity contribution in [3.05, 3.63) is 83.9 Å². The molecule has 0 bridgehead atoms. The summed E-state index contributed by atoms with van der Waals surface area (Å²) < 4.78 is 0. The van der Waals surface area contributed by atoms with Crippen molar-refractivity contribution >= 4 is 23.4 Å². The molecule has 0 spiro atoms. The van der Waals surface area contributed by atoms with Gasteiger partial charge in [0.05, 0.1) is 5.25 Å². The van der Waals surface area contributed by atoms with E-state index < -0.39 is 0 Å². The fourth-order valence-electron chi connectivity index (χ4n) is 2.30. The molecular weight excluding hydrogens is 236 g/mol. The van der Waals surface area contributed by atoms with Gasteiger partial charge in [-0.25, -0.2) is 0 Å². The molecule has 0 saturated heterocycles. The van der Waals surface area contributed by atoms with E-state index >= 15 is 0 Å². The van der Waals surface area contributed by atoms with E-state index in [0.29, 0.717) is 0 Å². The molecule has 0 aliphatic rings. The SMILES string of the molecule is SC(c1ccccc1)c1cccc2ccccc12. The van der Waals surface area contributed by atoms with E-state index in [0.717, 1.165) is 0 Å². The molecule has 3 aromatic carbocycles. The first-order chi connectivity index (χ1) is 8.86. The molecule has 0 aliphatic heterocycles. The van der Waals surface area contributed by atoms with Crippen molar-refractivity contribution < 1.29 is 0 Å². The number of rotatable bonds is 2. The lowest BCUT2D eigenvalue weighted by Gasteiger charge is -2.14. The zero-order valence-electron chi connectivity index (χ0n) is 9.95. The molecule has 0 aliphatic carbocycles. The summed E-state index contributed by atoms with van der Waals surface area (Å²) in [4.78, 5) is 0. The van der Waals surface area contributed by atoms with E-state index in [9.17, 15) is 0 Å². The second-order valence-corrected chi connectivity index (χ2v) is 4.90. The molecule has 0 nitrogen and oxygen atoms in total. The Balaban J connectivity index is 2.15. The third-order valence-electron chi connectivity index (χ3n) is 3.23. The molecule has 0 heterocycles. The normalized spacial score (nSPS) is 12.5. The zero-order valence-corrected chi connectivity index (χ0v) is 10.8. The maximum absolute atomic E-state index is 4.79.